The summed E-state index contributed by atoms with van der Waals surface area (Å²) in [4.78, 5) is 16.0. The highest BCUT2D eigenvalue weighted by molar-refractivity contribution is 7.07. The molecular formula is C21H19ClFN3O2S. The van der Waals surface area contributed by atoms with E-state index >= 15 is 0 Å². The van der Waals surface area contributed by atoms with Crippen LogP contribution in [0.1, 0.15) is 38.1 Å². The molecule has 0 amide bonds. The van der Waals surface area contributed by atoms with Crippen LogP contribution in [0.5, 0.6) is 0 Å². The van der Waals surface area contributed by atoms with E-state index in [4.69, 9.17) is 11.6 Å². The van der Waals surface area contributed by atoms with E-state index in [0.29, 0.717) is 11.7 Å². The summed E-state index contributed by atoms with van der Waals surface area (Å²) in [6.45, 7) is 0. The number of thiazole rings is 1. The average Bonchev–Trinajstić information content (AvgIpc) is 3.15. The smallest absolute Gasteiger partial charge is 0.269 e. The molecule has 150 valence electrons. The lowest BCUT2D eigenvalue weighted by molar-refractivity contribution is -0.384. The zero-order valence-corrected chi connectivity index (χ0v) is 17.1. The van der Waals surface area contributed by atoms with E-state index in [1.54, 1.807) is 18.2 Å². The van der Waals surface area contributed by atoms with Gasteiger partial charge in [0.2, 0.25) is 0 Å². The summed E-state index contributed by atoms with van der Waals surface area (Å²) in [7, 11) is 0. The number of hydrogen-bond donors (Lipinski definition) is 0. The largest absolute Gasteiger partial charge is 0.313 e. The van der Waals surface area contributed by atoms with Crippen molar-refractivity contribution in [2.45, 2.75) is 38.1 Å². The lowest BCUT2D eigenvalue weighted by Crippen LogP contribution is -2.23. The van der Waals surface area contributed by atoms with Gasteiger partial charge in [-0.25, -0.2) is 9.38 Å². The highest BCUT2D eigenvalue weighted by atomic mass is 35.5. The molecule has 5 nitrogen and oxygen atoms in total. The number of halogens is 2. The van der Waals surface area contributed by atoms with E-state index in [9.17, 15) is 14.5 Å². The third-order valence-electron chi connectivity index (χ3n) is 5.18. The second-order valence-corrected chi connectivity index (χ2v) is 8.32. The molecule has 0 atom stereocenters. The Labute approximate surface area is 176 Å². The van der Waals surface area contributed by atoms with Gasteiger partial charge in [-0.1, -0.05) is 30.9 Å². The van der Waals surface area contributed by atoms with Gasteiger partial charge < -0.3 is 4.57 Å². The van der Waals surface area contributed by atoms with E-state index in [1.165, 1.54) is 42.0 Å². The van der Waals surface area contributed by atoms with Gasteiger partial charge in [0.25, 0.3) is 5.69 Å². The minimum Gasteiger partial charge on any atom is -0.313 e. The van der Waals surface area contributed by atoms with Crippen LogP contribution in [0.2, 0.25) is 5.02 Å². The molecule has 1 fully saturated rings. The van der Waals surface area contributed by atoms with Crippen molar-refractivity contribution < 1.29 is 9.31 Å². The molecule has 4 rings (SSSR count). The molecule has 1 aromatic heterocycles. The summed E-state index contributed by atoms with van der Waals surface area (Å²) in [5.74, 6) is -0.496. The molecule has 1 aliphatic rings. The SMILES string of the molecule is O=[N+]([O-])c1ccc(-c2csc(=Nc3ccc(Cl)c(F)c3)n2C2CCCCC2)cc1. The van der Waals surface area contributed by atoms with Crippen LogP contribution in [0.3, 0.4) is 0 Å². The normalized spacial score (nSPS) is 15.6. The quantitative estimate of drug-likeness (QED) is 0.342. The van der Waals surface area contributed by atoms with Crippen LogP contribution in [0.25, 0.3) is 11.3 Å². The Morgan fingerprint density at radius 3 is 2.52 bits per heavy atom. The fourth-order valence-corrected chi connectivity index (χ4v) is 4.83. The highest BCUT2D eigenvalue weighted by Gasteiger charge is 2.20. The van der Waals surface area contributed by atoms with Crippen molar-refractivity contribution in [2.24, 2.45) is 4.99 Å². The summed E-state index contributed by atoms with van der Waals surface area (Å²) < 4.78 is 16.1. The topological polar surface area (TPSA) is 60.4 Å². The Morgan fingerprint density at radius 2 is 1.86 bits per heavy atom. The first-order valence-corrected chi connectivity index (χ1v) is 10.7. The summed E-state index contributed by atoms with van der Waals surface area (Å²) in [5, 5.41) is 13.1. The van der Waals surface area contributed by atoms with Crippen molar-refractivity contribution >= 4 is 34.3 Å². The van der Waals surface area contributed by atoms with Gasteiger partial charge in [0, 0.05) is 29.6 Å². The standard InChI is InChI=1S/C21H19ClFN3O2S/c22-18-11-8-15(12-19(18)23)24-21-25(16-4-2-1-3-5-16)20(13-29-21)14-6-9-17(10-7-14)26(27)28/h6-13,16H,1-5H2. The fraction of sp³-hybridized carbons (Fsp3) is 0.286. The number of rotatable bonds is 4. The maximum atomic E-state index is 13.9. The van der Waals surface area contributed by atoms with Gasteiger partial charge >= 0.3 is 0 Å². The molecule has 0 saturated heterocycles. The minimum atomic E-state index is -0.496. The maximum Gasteiger partial charge on any atom is 0.269 e. The Kier molecular flexibility index (Phi) is 5.78. The number of aromatic nitrogens is 1. The van der Waals surface area contributed by atoms with E-state index in [1.807, 2.05) is 5.38 Å². The fourth-order valence-electron chi connectivity index (χ4n) is 3.72. The maximum absolute atomic E-state index is 13.9. The molecule has 0 radical (unpaired) electrons. The molecule has 2 aromatic carbocycles. The molecule has 0 aliphatic heterocycles. The molecule has 1 saturated carbocycles. The number of benzene rings is 2. The Morgan fingerprint density at radius 1 is 1.14 bits per heavy atom. The zero-order valence-electron chi connectivity index (χ0n) is 15.6. The van der Waals surface area contributed by atoms with Crippen LogP contribution in [0.4, 0.5) is 15.8 Å². The van der Waals surface area contributed by atoms with Gasteiger partial charge in [-0.2, -0.15) is 0 Å². The minimum absolute atomic E-state index is 0.0646. The molecule has 0 bridgehead atoms. The van der Waals surface area contributed by atoms with Gasteiger partial charge in [-0.05, 0) is 42.7 Å². The molecule has 0 spiro atoms. The van der Waals surface area contributed by atoms with Crippen molar-refractivity contribution in [1.29, 1.82) is 0 Å². The van der Waals surface area contributed by atoms with Gasteiger partial charge in [0.05, 0.1) is 21.3 Å². The summed E-state index contributed by atoms with van der Waals surface area (Å²) in [6, 6.07) is 11.4. The van der Waals surface area contributed by atoms with Crippen LogP contribution in [0, 0.1) is 15.9 Å². The van der Waals surface area contributed by atoms with Crippen molar-refractivity contribution in [1.82, 2.24) is 4.57 Å². The number of nitro benzene ring substituents is 1. The van der Waals surface area contributed by atoms with Crippen LogP contribution in [-0.2, 0) is 0 Å². The molecule has 0 unspecified atom stereocenters. The summed E-state index contributed by atoms with van der Waals surface area (Å²) >= 11 is 7.28. The first-order valence-electron chi connectivity index (χ1n) is 9.47. The molecule has 0 N–H and O–H groups in total. The monoisotopic (exact) mass is 431 g/mol. The van der Waals surface area contributed by atoms with Crippen LogP contribution in [-0.4, -0.2) is 9.49 Å². The van der Waals surface area contributed by atoms with E-state index in [0.717, 1.165) is 41.7 Å². The Hall–Kier alpha value is -2.51. The Balaban J connectivity index is 1.82. The number of non-ortho nitro benzene ring substituents is 1. The van der Waals surface area contributed by atoms with Crippen LogP contribution in [0.15, 0.2) is 52.8 Å². The third-order valence-corrected chi connectivity index (χ3v) is 6.33. The number of nitrogens with zero attached hydrogens (tertiary/aromatic N) is 3. The first-order chi connectivity index (χ1) is 14.0. The van der Waals surface area contributed by atoms with Crippen LogP contribution < -0.4 is 4.80 Å². The molecule has 8 heteroatoms. The second kappa shape index (κ2) is 8.47. The van der Waals surface area contributed by atoms with Gasteiger partial charge in [-0.3, -0.25) is 10.1 Å². The number of nitro groups is 1. The van der Waals surface area contributed by atoms with Crippen molar-refractivity contribution in [2.75, 3.05) is 0 Å². The molecule has 1 heterocycles. The van der Waals surface area contributed by atoms with Gasteiger partial charge in [0.1, 0.15) is 5.82 Å². The second-order valence-electron chi connectivity index (χ2n) is 7.08. The van der Waals surface area contributed by atoms with Crippen molar-refractivity contribution in [3.63, 3.8) is 0 Å². The molecule has 29 heavy (non-hydrogen) atoms. The van der Waals surface area contributed by atoms with E-state index < -0.39 is 10.7 Å². The summed E-state index contributed by atoms with van der Waals surface area (Å²) in [5.41, 5.74) is 2.45. The van der Waals surface area contributed by atoms with Crippen LogP contribution >= 0.6 is 22.9 Å². The molecular weight excluding hydrogens is 413 g/mol. The predicted molar refractivity (Wildman–Crippen MR) is 113 cm³/mol. The van der Waals surface area contributed by atoms with Crippen molar-refractivity contribution in [3.8, 4) is 11.3 Å². The first kappa shape index (κ1) is 19.8. The predicted octanol–water partition coefficient (Wildman–Crippen LogP) is 6.65. The lowest BCUT2D eigenvalue weighted by Gasteiger charge is -2.25. The average molecular weight is 432 g/mol. The van der Waals surface area contributed by atoms with Gasteiger partial charge in [0.15, 0.2) is 4.80 Å². The molecule has 3 aromatic rings. The van der Waals surface area contributed by atoms with Crippen molar-refractivity contribution in [3.05, 3.63) is 73.6 Å². The summed E-state index contributed by atoms with van der Waals surface area (Å²) in [6.07, 6.45) is 5.64. The highest BCUT2D eigenvalue weighted by Crippen LogP contribution is 2.33. The zero-order chi connectivity index (χ0) is 20.4. The van der Waals surface area contributed by atoms with Gasteiger partial charge in [-0.15, -0.1) is 11.3 Å². The lowest BCUT2D eigenvalue weighted by atomic mass is 9.95. The molecule has 1 aliphatic carbocycles. The van der Waals surface area contributed by atoms with E-state index in [2.05, 4.69) is 9.56 Å². The number of hydrogen-bond acceptors (Lipinski definition) is 4. The Bertz CT molecular complexity index is 1100. The van der Waals surface area contributed by atoms with E-state index in [-0.39, 0.29) is 10.7 Å². The third kappa shape index (κ3) is 4.26.